The molecule has 6 nitrogen and oxygen atoms in total. The summed E-state index contributed by atoms with van der Waals surface area (Å²) in [4.78, 5) is 24.9. The van der Waals surface area contributed by atoms with E-state index >= 15 is 0 Å². The molecular weight excluding hydrogens is 352 g/mol. The Kier molecular flexibility index (Phi) is 5.54. The van der Waals surface area contributed by atoms with E-state index in [0.717, 1.165) is 29.7 Å². The number of hydrogen-bond donors (Lipinski definition) is 1. The monoisotopic (exact) mass is 370 g/mol. The summed E-state index contributed by atoms with van der Waals surface area (Å²) in [7, 11) is 0. The molecule has 2 heterocycles. The van der Waals surface area contributed by atoms with E-state index in [-0.39, 0.29) is 0 Å². The average molecular weight is 370 g/mol. The van der Waals surface area contributed by atoms with Crippen LogP contribution in [0.25, 0.3) is 6.08 Å². The number of carbonyl (C=O) groups is 2. The van der Waals surface area contributed by atoms with Crippen LogP contribution in [0.1, 0.15) is 35.1 Å². The molecule has 1 N–H and O–H groups in total. The van der Waals surface area contributed by atoms with Gasteiger partial charge in [-0.1, -0.05) is 6.92 Å². The molecule has 2 aromatic heterocycles. The van der Waals surface area contributed by atoms with Crippen molar-refractivity contribution in [2.24, 2.45) is 5.92 Å². The minimum atomic E-state index is -0.642. The van der Waals surface area contributed by atoms with Gasteiger partial charge in [-0.3, -0.25) is 4.79 Å². The number of esters is 1. The highest BCUT2D eigenvalue weighted by Gasteiger charge is 2.24. The van der Waals surface area contributed by atoms with Gasteiger partial charge in [0, 0.05) is 11.0 Å². The summed E-state index contributed by atoms with van der Waals surface area (Å²) in [6.07, 6.45) is 6.98. The molecule has 26 heavy (non-hydrogen) atoms. The number of ether oxygens (including phenoxy) is 1. The van der Waals surface area contributed by atoms with Crippen LogP contribution in [-0.4, -0.2) is 18.5 Å². The van der Waals surface area contributed by atoms with Gasteiger partial charge in [-0.25, -0.2) is 4.79 Å². The molecule has 0 saturated heterocycles. The SMILES string of the molecule is C[C@@H]1CCc2c(sc(NC(=O)COC(=O)/C=C/c3ccco3)c2C#N)C1. The number of nitriles is 1. The van der Waals surface area contributed by atoms with Crippen LogP contribution in [-0.2, 0) is 27.2 Å². The molecule has 0 aliphatic heterocycles. The van der Waals surface area contributed by atoms with Crippen molar-refractivity contribution in [2.75, 3.05) is 11.9 Å². The summed E-state index contributed by atoms with van der Waals surface area (Å²) in [6, 6.07) is 5.59. The Balaban J connectivity index is 1.57. The molecule has 0 unspecified atom stereocenters. The normalized spacial score (nSPS) is 16.1. The van der Waals surface area contributed by atoms with Crippen molar-refractivity contribution in [2.45, 2.75) is 26.2 Å². The molecule has 3 rings (SSSR count). The van der Waals surface area contributed by atoms with Gasteiger partial charge in [0.2, 0.25) is 0 Å². The molecule has 7 heteroatoms. The van der Waals surface area contributed by atoms with Crippen LogP contribution < -0.4 is 5.32 Å². The molecule has 134 valence electrons. The van der Waals surface area contributed by atoms with Crippen LogP contribution >= 0.6 is 11.3 Å². The van der Waals surface area contributed by atoms with Gasteiger partial charge < -0.3 is 14.5 Å². The minimum Gasteiger partial charge on any atom is -0.465 e. The van der Waals surface area contributed by atoms with Crippen LogP contribution in [0, 0.1) is 17.2 Å². The van der Waals surface area contributed by atoms with Gasteiger partial charge in [0.25, 0.3) is 5.91 Å². The van der Waals surface area contributed by atoms with Crippen molar-refractivity contribution >= 4 is 34.3 Å². The number of fused-ring (bicyclic) bond motifs is 1. The van der Waals surface area contributed by atoms with Crippen molar-refractivity contribution in [1.82, 2.24) is 0 Å². The lowest BCUT2D eigenvalue weighted by Crippen LogP contribution is -2.20. The van der Waals surface area contributed by atoms with Crippen LogP contribution in [0.4, 0.5) is 5.00 Å². The predicted octanol–water partition coefficient (Wildman–Crippen LogP) is 3.53. The van der Waals surface area contributed by atoms with Crippen LogP contribution in [0.3, 0.4) is 0 Å². The van der Waals surface area contributed by atoms with E-state index < -0.39 is 18.5 Å². The van der Waals surface area contributed by atoms with Crippen molar-refractivity contribution in [1.29, 1.82) is 5.26 Å². The molecular formula is C19H18N2O4S. The van der Waals surface area contributed by atoms with Gasteiger partial charge in [0.1, 0.15) is 16.8 Å². The summed E-state index contributed by atoms with van der Waals surface area (Å²) in [5, 5.41) is 12.7. The third-order valence-corrected chi connectivity index (χ3v) is 5.32. The average Bonchev–Trinajstić information content (AvgIpc) is 3.24. The zero-order chi connectivity index (χ0) is 18.5. The minimum absolute atomic E-state index is 0.412. The van der Waals surface area contributed by atoms with Crippen molar-refractivity contribution in [3.8, 4) is 6.07 Å². The van der Waals surface area contributed by atoms with Crippen molar-refractivity contribution in [3.63, 3.8) is 0 Å². The number of rotatable bonds is 5. The lowest BCUT2D eigenvalue weighted by molar-refractivity contribution is -0.142. The molecule has 1 amide bonds. The number of hydrogen-bond acceptors (Lipinski definition) is 6. The third-order valence-electron chi connectivity index (χ3n) is 4.15. The molecule has 0 spiro atoms. The van der Waals surface area contributed by atoms with Gasteiger partial charge in [0.05, 0.1) is 11.8 Å². The number of amides is 1. The maximum Gasteiger partial charge on any atom is 0.331 e. The molecule has 0 fully saturated rings. The summed E-state index contributed by atoms with van der Waals surface area (Å²) in [6.45, 7) is 1.77. The summed E-state index contributed by atoms with van der Waals surface area (Å²) in [5.74, 6) is -0.00847. The highest BCUT2D eigenvalue weighted by atomic mass is 32.1. The first kappa shape index (κ1) is 18.0. The first-order valence-electron chi connectivity index (χ1n) is 8.29. The Morgan fingerprint density at radius 1 is 1.54 bits per heavy atom. The molecule has 1 aliphatic carbocycles. The number of thiophene rings is 1. The van der Waals surface area contributed by atoms with Crippen molar-refractivity contribution < 1.29 is 18.7 Å². The van der Waals surface area contributed by atoms with E-state index in [9.17, 15) is 14.9 Å². The maximum atomic E-state index is 12.1. The Morgan fingerprint density at radius 2 is 2.38 bits per heavy atom. The molecule has 0 radical (unpaired) electrons. The first-order valence-corrected chi connectivity index (χ1v) is 9.11. The van der Waals surface area contributed by atoms with E-state index in [0.29, 0.717) is 22.2 Å². The fraction of sp³-hybridized carbons (Fsp3) is 0.316. The van der Waals surface area contributed by atoms with E-state index in [2.05, 4.69) is 18.3 Å². The van der Waals surface area contributed by atoms with Crippen LogP contribution in [0.5, 0.6) is 0 Å². The second-order valence-electron chi connectivity index (χ2n) is 6.17. The van der Waals surface area contributed by atoms with E-state index in [1.807, 2.05) is 0 Å². The van der Waals surface area contributed by atoms with Gasteiger partial charge >= 0.3 is 5.97 Å². The Morgan fingerprint density at radius 3 is 3.12 bits per heavy atom. The molecule has 2 aromatic rings. The lowest BCUT2D eigenvalue weighted by Gasteiger charge is -2.17. The van der Waals surface area contributed by atoms with Crippen molar-refractivity contribution in [3.05, 3.63) is 46.2 Å². The molecule has 1 atom stereocenters. The van der Waals surface area contributed by atoms with E-state index in [1.54, 1.807) is 12.1 Å². The van der Waals surface area contributed by atoms with Gasteiger partial charge in [0.15, 0.2) is 6.61 Å². The fourth-order valence-corrected chi connectivity index (χ4v) is 4.22. The molecule has 1 aliphatic rings. The lowest BCUT2D eigenvalue weighted by atomic mass is 9.89. The van der Waals surface area contributed by atoms with Gasteiger partial charge in [-0.15, -0.1) is 11.3 Å². The molecule has 0 bridgehead atoms. The summed E-state index contributed by atoms with van der Waals surface area (Å²) < 4.78 is 9.97. The van der Waals surface area contributed by atoms with Gasteiger partial charge in [-0.2, -0.15) is 5.26 Å². The quantitative estimate of drug-likeness (QED) is 0.642. The zero-order valence-corrected chi connectivity index (χ0v) is 15.1. The smallest absolute Gasteiger partial charge is 0.331 e. The van der Waals surface area contributed by atoms with E-state index in [1.165, 1.54) is 29.8 Å². The summed E-state index contributed by atoms with van der Waals surface area (Å²) >= 11 is 1.44. The second-order valence-corrected chi connectivity index (χ2v) is 7.28. The Bertz CT molecular complexity index is 874. The number of nitrogens with zero attached hydrogens (tertiary/aromatic N) is 1. The zero-order valence-electron chi connectivity index (χ0n) is 14.3. The highest BCUT2D eigenvalue weighted by Crippen LogP contribution is 2.39. The number of anilines is 1. The fourth-order valence-electron chi connectivity index (χ4n) is 2.84. The van der Waals surface area contributed by atoms with Crippen LogP contribution in [0.2, 0.25) is 0 Å². The Labute approximate surface area is 155 Å². The topological polar surface area (TPSA) is 92.3 Å². The Hall–Kier alpha value is -2.85. The number of nitrogens with one attached hydrogen (secondary N) is 1. The standard InChI is InChI=1S/C19H18N2O4S/c1-12-4-6-14-15(10-20)19(26-16(14)9-12)21-17(22)11-25-18(23)7-5-13-3-2-8-24-13/h2-3,5,7-8,12H,4,6,9,11H2,1H3,(H,21,22)/b7-5+/t12-/m1/s1. The largest absolute Gasteiger partial charge is 0.465 e. The predicted molar refractivity (Wildman–Crippen MR) is 97.6 cm³/mol. The van der Waals surface area contributed by atoms with E-state index in [4.69, 9.17) is 9.15 Å². The number of furan rings is 1. The first-order chi connectivity index (χ1) is 12.6. The molecule has 0 saturated carbocycles. The third kappa shape index (κ3) is 4.21. The second kappa shape index (κ2) is 8.02. The van der Waals surface area contributed by atoms with Crippen LogP contribution in [0.15, 0.2) is 28.9 Å². The van der Waals surface area contributed by atoms with Gasteiger partial charge in [-0.05, 0) is 49.0 Å². The molecule has 0 aromatic carbocycles. The maximum absolute atomic E-state index is 12.1. The highest BCUT2D eigenvalue weighted by molar-refractivity contribution is 7.16. The number of carbonyl (C=O) groups excluding carboxylic acids is 2. The summed E-state index contributed by atoms with van der Waals surface area (Å²) in [5.41, 5.74) is 1.58.